The molecular weight excluding hydrogens is 314 g/mol. The fourth-order valence-corrected chi connectivity index (χ4v) is 3.27. The van der Waals surface area contributed by atoms with E-state index in [0.717, 1.165) is 42.0 Å². The Balaban J connectivity index is 1.70. The topological polar surface area (TPSA) is 45.7 Å². The van der Waals surface area contributed by atoms with E-state index in [9.17, 15) is 4.79 Å². The summed E-state index contributed by atoms with van der Waals surface area (Å²) < 4.78 is 5.52. The molecule has 0 aliphatic carbocycles. The van der Waals surface area contributed by atoms with Crippen LogP contribution in [0.3, 0.4) is 0 Å². The molecule has 1 atom stereocenters. The van der Waals surface area contributed by atoms with Gasteiger partial charge in [0.1, 0.15) is 12.4 Å². The lowest BCUT2D eigenvalue weighted by atomic mass is 10.0. The number of hydrogen-bond acceptors (Lipinski definition) is 4. The van der Waals surface area contributed by atoms with Crippen molar-refractivity contribution in [2.75, 3.05) is 25.5 Å². The summed E-state index contributed by atoms with van der Waals surface area (Å²) in [6.45, 7) is 3.04. The second-order valence-corrected chi connectivity index (χ2v) is 6.63. The molecular formula is C20H25N3O2. The average Bonchev–Trinajstić information content (AvgIpc) is 3.10. The number of nitrogens with zero attached hydrogens (tertiary/aromatic N) is 3. The fraction of sp³-hybridized carbons (Fsp3) is 0.400. The van der Waals surface area contributed by atoms with Gasteiger partial charge in [0.2, 0.25) is 0 Å². The third-order valence-electron chi connectivity index (χ3n) is 4.62. The molecule has 1 fully saturated rings. The quantitative estimate of drug-likeness (QED) is 0.847. The smallest absolute Gasteiger partial charge is 0.410 e. The maximum atomic E-state index is 12.6. The van der Waals surface area contributed by atoms with Gasteiger partial charge in [-0.15, -0.1) is 0 Å². The van der Waals surface area contributed by atoms with Gasteiger partial charge in [0.05, 0.1) is 6.04 Å². The molecule has 25 heavy (non-hydrogen) atoms. The second-order valence-electron chi connectivity index (χ2n) is 6.63. The predicted molar refractivity (Wildman–Crippen MR) is 98.6 cm³/mol. The number of amides is 1. The van der Waals surface area contributed by atoms with Crippen molar-refractivity contribution in [3.63, 3.8) is 0 Å². The number of hydrogen-bond donors (Lipinski definition) is 0. The minimum Gasteiger partial charge on any atom is -0.445 e. The number of rotatable bonds is 4. The second kappa shape index (κ2) is 7.55. The number of aryl methyl sites for hydroxylation is 1. The van der Waals surface area contributed by atoms with Gasteiger partial charge in [-0.05, 0) is 37.0 Å². The maximum Gasteiger partial charge on any atom is 0.410 e. The van der Waals surface area contributed by atoms with E-state index < -0.39 is 0 Å². The molecule has 5 heteroatoms. The zero-order chi connectivity index (χ0) is 17.8. The molecule has 1 amide bonds. The summed E-state index contributed by atoms with van der Waals surface area (Å²) in [5.41, 5.74) is 3.08. The molecule has 5 nitrogen and oxygen atoms in total. The molecule has 132 valence electrons. The number of likely N-dealkylation sites (tertiary alicyclic amines) is 1. The fourth-order valence-electron chi connectivity index (χ4n) is 3.27. The standard InChI is InChI=1S/C20H25N3O2/c1-15-17(11-12-19(21-15)22(2)3)18-10-7-13-23(18)20(24)25-14-16-8-5-4-6-9-16/h4-6,8-9,11-12,18H,7,10,13-14H2,1-3H3/t18-/m0/s1. The molecule has 1 aromatic heterocycles. The van der Waals surface area contributed by atoms with Crippen molar-refractivity contribution >= 4 is 11.9 Å². The third kappa shape index (κ3) is 3.92. The van der Waals surface area contributed by atoms with Crippen LogP contribution in [0.4, 0.5) is 10.6 Å². The van der Waals surface area contributed by atoms with E-state index >= 15 is 0 Å². The van der Waals surface area contributed by atoms with E-state index in [2.05, 4.69) is 11.1 Å². The van der Waals surface area contributed by atoms with Crippen LogP contribution in [0.15, 0.2) is 42.5 Å². The Morgan fingerprint density at radius 3 is 2.68 bits per heavy atom. The highest BCUT2D eigenvalue weighted by molar-refractivity contribution is 5.69. The summed E-state index contributed by atoms with van der Waals surface area (Å²) in [6.07, 6.45) is 1.69. The van der Waals surface area contributed by atoms with E-state index in [1.807, 2.05) is 67.2 Å². The summed E-state index contributed by atoms with van der Waals surface area (Å²) in [6, 6.07) is 13.9. The van der Waals surface area contributed by atoms with Crippen LogP contribution in [-0.2, 0) is 11.3 Å². The van der Waals surface area contributed by atoms with Crippen LogP contribution in [-0.4, -0.2) is 36.6 Å². The van der Waals surface area contributed by atoms with Crippen molar-refractivity contribution in [2.24, 2.45) is 0 Å². The molecule has 2 heterocycles. The lowest BCUT2D eigenvalue weighted by Crippen LogP contribution is -2.31. The van der Waals surface area contributed by atoms with Crippen LogP contribution in [0.25, 0.3) is 0 Å². The molecule has 0 N–H and O–H groups in total. The predicted octanol–water partition coefficient (Wildman–Crippen LogP) is 3.93. The van der Waals surface area contributed by atoms with Crippen LogP contribution in [0.1, 0.15) is 35.7 Å². The minimum atomic E-state index is -0.248. The molecule has 0 radical (unpaired) electrons. The highest BCUT2D eigenvalue weighted by atomic mass is 16.6. The van der Waals surface area contributed by atoms with Gasteiger partial charge in [-0.3, -0.25) is 0 Å². The van der Waals surface area contributed by atoms with Gasteiger partial charge in [-0.2, -0.15) is 0 Å². The molecule has 3 rings (SSSR count). The van der Waals surface area contributed by atoms with Crippen LogP contribution < -0.4 is 4.90 Å². The van der Waals surface area contributed by atoms with Crippen molar-refractivity contribution < 1.29 is 9.53 Å². The van der Waals surface area contributed by atoms with E-state index in [4.69, 9.17) is 4.74 Å². The number of carbonyl (C=O) groups excluding carboxylic acids is 1. The van der Waals surface area contributed by atoms with Gasteiger partial charge in [0.15, 0.2) is 0 Å². The largest absolute Gasteiger partial charge is 0.445 e. The minimum absolute atomic E-state index is 0.0481. The normalized spacial score (nSPS) is 16.8. The van der Waals surface area contributed by atoms with Gasteiger partial charge in [0.25, 0.3) is 0 Å². The van der Waals surface area contributed by atoms with Crippen molar-refractivity contribution in [3.05, 3.63) is 59.3 Å². The van der Waals surface area contributed by atoms with Gasteiger partial charge in [-0.25, -0.2) is 9.78 Å². The van der Waals surface area contributed by atoms with Gasteiger partial charge < -0.3 is 14.5 Å². The van der Waals surface area contributed by atoms with Crippen LogP contribution in [0, 0.1) is 6.92 Å². The number of aromatic nitrogens is 1. The van der Waals surface area contributed by atoms with E-state index in [1.165, 1.54) is 0 Å². The molecule has 2 aromatic rings. The Hall–Kier alpha value is -2.56. The number of anilines is 1. The van der Waals surface area contributed by atoms with Gasteiger partial charge in [-0.1, -0.05) is 36.4 Å². The first-order valence-electron chi connectivity index (χ1n) is 8.68. The molecule has 0 unspecified atom stereocenters. The highest BCUT2D eigenvalue weighted by Gasteiger charge is 2.32. The van der Waals surface area contributed by atoms with E-state index in [-0.39, 0.29) is 12.1 Å². The zero-order valence-electron chi connectivity index (χ0n) is 15.1. The monoisotopic (exact) mass is 339 g/mol. The Morgan fingerprint density at radius 2 is 2.00 bits per heavy atom. The van der Waals surface area contributed by atoms with E-state index in [0.29, 0.717) is 6.61 Å². The number of carbonyl (C=O) groups is 1. The Labute approximate surface area is 149 Å². The summed E-state index contributed by atoms with van der Waals surface area (Å²) in [7, 11) is 3.95. The number of benzene rings is 1. The summed E-state index contributed by atoms with van der Waals surface area (Å²) >= 11 is 0. The van der Waals surface area contributed by atoms with Gasteiger partial charge in [0, 0.05) is 26.3 Å². The molecule has 1 saturated heterocycles. The van der Waals surface area contributed by atoms with Crippen molar-refractivity contribution in [3.8, 4) is 0 Å². The van der Waals surface area contributed by atoms with Crippen LogP contribution >= 0.6 is 0 Å². The lowest BCUT2D eigenvalue weighted by molar-refractivity contribution is 0.0919. The van der Waals surface area contributed by atoms with Crippen molar-refractivity contribution in [1.29, 1.82) is 0 Å². The van der Waals surface area contributed by atoms with Crippen molar-refractivity contribution in [2.45, 2.75) is 32.4 Å². The highest BCUT2D eigenvalue weighted by Crippen LogP contribution is 2.34. The summed E-state index contributed by atoms with van der Waals surface area (Å²) in [4.78, 5) is 21.0. The first kappa shape index (κ1) is 17.3. The molecule has 0 saturated carbocycles. The van der Waals surface area contributed by atoms with E-state index in [1.54, 1.807) is 0 Å². The number of ether oxygens (including phenoxy) is 1. The molecule has 1 aromatic carbocycles. The molecule has 0 spiro atoms. The van der Waals surface area contributed by atoms with Crippen LogP contribution in [0.2, 0.25) is 0 Å². The van der Waals surface area contributed by atoms with Gasteiger partial charge >= 0.3 is 6.09 Å². The SMILES string of the molecule is Cc1nc(N(C)C)ccc1[C@@H]1CCCN1C(=O)OCc1ccccc1. The third-order valence-corrected chi connectivity index (χ3v) is 4.62. The molecule has 0 bridgehead atoms. The first-order chi connectivity index (χ1) is 12.1. The number of pyridine rings is 1. The Bertz CT molecular complexity index is 731. The molecule has 1 aliphatic rings. The Kier molecular flexibility index (Phi) is 5.22. The lowest BCUT2D eigenvalue weighted by Gasteiger charge is -2.26. The summed E-state index contributed by atoms with van der Waals surface area (Å²) in [5, 5.41) is 0. The first-order valence-corrected chi connectivity index (χ1v) is 8.68. The average molecular weight is 339 g/mol. The Morgan fingerprint density at radius 1 is 1.24 bits per heavy atom. The summed E-state index contributed by atoms with van der Waals surface area (Å²) in [5.74, 6) is 0.928. The van der Waals surface area contributed by atoms with Crippen molar-refractivity contribution in [1.82, 2.24) is 9.88 Å². The van der Waals surface area contributed by atoms with Crippen LogP contribution in [0.5, 0.6) is 0 Å². The maximum absolute atomic E-state index is 12.6. The molecule has 1 aliphatic heterocycles. The zero-order valence-corrected chi connectivity index (χ0v) is 15.1.